The molecule has 0 amide bonds. The van der Waals surface area contributed by atoms with E-state index in [0.29, 0.717) is 24.0 Å². The molecule has 0 aromatic carbocycles. The normalized spacial score (nSPS) is 39.8. The summed E-state index contributed by atoms with van der Waals surface area (Å²) < 4.78 is 5.94. The highest BCUT2D eigenvalue weighted by atomic mass is 32.2. The van der Waals surface area contributed by atoms with Crippen molar-refractivity contribution in [1.82, 2.24) is 0 Å². The predicted molar refractivity (Wildman–Crippen MR) is 92.8 cm³/mol. The summed E-state index contributed by atoms with van der Waals surface area (Å²) in [5.74, 6) is 0.537. The van der Waals surface area contributed by atoms with Crippen molar-refractivity contribution in [2.45, 2.75) is 81.3 Å². The first-order valence-corrected chi connectivity index (χ1v) is 10.4. The number of fused-ring (bicyclic) bond motifs is 5. The highest BCUT2D eigenvalue weighted by Gasteiger charge is 2.60. The van der Waals surface area contributed by atoms with Crippen LogP contribution in [0.15, 0.2) is 0 Å². The summed E-state index contributed by atoms with van der Waals surface area (Å²) in [5.41, 5.74) is -1.86. The summed E-state index contributed by atoms with van der Waals surface area (Å²) in [6.07, 6.45) is 7.60. The van der Waals surface area contributed by atoms with E-state index in [1.165, 1.54) is 19.3 Å². The molecule has 4 fully saturated rings. The third-order valence-corrected chi connectivity index (χ3v) is 9.13. The number of thioether (sulfide) groups is 1. The zero-order chi connectivity index (χ0) is 17.1. The van der Waals surface area contributed by atoms with Crippen LogP contribution in [0.4, 0.5) is 0 Å². The summed E-state index contributed by atoms with van der Waals surface area (Å²) in [4.78, 5) is 24.5. The van der Waals surface area contributed by atoms with Gasteiger partial charge in [-0.25, -0.2) is 0 Å². The largest absolute Gasteiger partial charge is 0.480 e. The lowest BCUT2D eigenvalue weighted by Crippen LogP contribution is -2.49. The summed E-state index contributed by atoms with van der Waals surface area (Å²) in [6, 6.07) is 0. The lowest BCUT2D eigenvalue weighted by atomic mass is 9.70. The quantitative estimate of drug-likeness (QED) is 0.614. The van der Waals surface area contributed by atoms with E-state index in [4.69, 9.17) is 4.74 Å². The number of esters is 1. The summed E-state index contributed by atoms with van der Waals surface area (Å²) in [6.45, 7) is 4.01. The van der Waals surface area contributed by atoms with E-state index in [2.05, 4.69) is 11.8 Å². The molecule has 24 heavy (non-hydrogen) atoms. The number of hydrogen-bond acceptors (Lipinski definition) is 4. The standard InChI is InChI=1S/C19H28O4S/c1-18(2,23-17(22)19(16(20)21)8-3-4-9-19)13-10-14-11-6-5-7-12(11)15(13)24-14/h11-15H,3-10H2,1-2H3,(H,20,21). The molecule has 0 spiro atoms. The molecule has 0 aromatic heterocycles. The Morgan fingerprint density at radius 3 is 2.46 bits per heavy atom. The van der Waals surface area contributed by atoms with E-state index >= 15 is 0 Å². The van der Waals surface area contributed by atoms with Gasteiger partial charge in [-0.2, -0.15) is 11.8 Å². The molecule has 2 aliphatic carbocycles. The van der Waals surface area contributed by atoms with Gasteiger partial charge in [0.2, 0.25) is 0 Å². The van der Waals surface area contributed by atoms with Crippen LogP contribution in [-0.4, -0.2) is 33.1 Å². The minimum Gasteiger partial charge on any atom is -0.480 e. The Labute approximate surface area is 148 Å². The monoisotopic (exact) mass is 352 g/mol. The summed E-state index contributed by atoms with van der Waals surface area (Å²) in [7, 11) is 0. The SMILES string of the molecule is CC(C)(OC(=O)C1(C(=O)O)CCCC1)C1CC2SC1C1CCCC21. The number of carbonyl (C=O) groups is 2. The summed E-state index contributed by atoms with van der Waals surface area (Å²) >= 11 is 2.12. The van der Waals surface area contributed by atoms with Crippen LogP contribution in [0.2, 0.25) is 0 Å². The van der Waals surface area contributed by atoms with E-state index < -0.39 is 23.0 Å². The molecule has 2 saturated carbocycles. The minimum atomic E-state index is -1.29. The van der Waals surface area contributed by atoms with Gasteiger partial charge in [0.05, 0.1) is 0 Å². The fourth-order valence-electron chi connectivity index (χ4n) is 5.87. The lowest BCUT2D eigenvalue weighted by molar-refractivity contribution is -0.182. The molecular weight excluding hydrogens is 324 g/mol. The van der Waals surface area contributed by atoms with Gasteiger partial charge in [0.25, 0.3) is 0 Å². The second kappa shape index (κ2) is 5.65. The lowest BCUT2D eigenvalue weighted by Gasteiger charge is -2.41. The fourth-order valence-corrected chi connectivity index (χ4v) is 8.30. The van der Waals surface area contributed by atoms with Gasteiger partial charge in [-0.15, -0.1) is 0 Å². The van der Waals surface area contributed by atoms with Crippen molar-refractivity contribution in [2.24, 2.45) is 23.2 Å². The van der Waals surface area contributed by atoms with Crippen LogP contribution in [0.3, 0.4) is 0 Å². The van der Waals surface area contributed by atoms with Crippen LogP contribution in [0.25, 0.3) is 0 Å². The highest BCUT2D eigenvalue weighted by Crippen LogP contribution is 2.63. The fraction of sp³-hybridized carbons (Fsp3) is 0.895. The van der Waals surface area contributed by atoms with E-state index in [0.717, 1.165) is 36.3 Å². The molecule has 4 nitrogen and oxygen atoms in total. The molecule has 1 N–H and O–H groups in total. The first-order chi connectivity index (χ1) is 11.3. The molecule has 4 rings (SSSR count). The molecule has 2 aliphatic heterocycles. The second-order valence-corrected chi connectivity index (χ2v) is 10.2. The maximum Gasteiger partial charge on any atom is 0.324 e. The Hall–Kier alpha value is -0.710. The molecular formula is C19H28O4S. The number of carbonyl (C=O) groups excluding carboxylic acids is 1. The topological polar surface area (TPSA) is 63.6 Å². The number of aliphatic carboxylic acids is 1. The Bertz CT molecular complexity index is 552. The molecule has 4 aliphatic rings. The Balaban J connectivity index is 1.50. The van der Waals surface area contributed by atoms with E-state index in [1.807, 2.05) is 13.8 Å². The number of carboxylic acid groups (broad SMARTS) is 1. The Kier molecular flexibility index (Phi) is 3.94. The predicted octanol–water partition coefficient (Wildman–Crippen LogP) is 3.87. The number of hydrogen-bond donors (Lipinski definition) is 1. The smallest absolute Gasteiger partial charge is 0.324 e. The molecule has 5 unspecified atom stereocenters. The van der Waals surface area contributed by atoms with Gasteiger partial charge < -0.3 is 9.84 Å². The minimum absolute atomic E-state index is 0.364. The third-order valence-electron chi connectivity index (χ3n) is 7.25. The van der Waals surface area contributed by atoms with Crippen molar-refractivity contribution in [3.05, 3.63) is 0 Å². The van der Waals surface area contributed by atoms with Crippen LogP contribution in [0, 0.1) is 23.2 Å². The van der Waals surface area contributed by atoms with E-state index in [-0.39, 0.29) is 0 Å². The van der Waals surface area contributed by atoms with Crippen LogP contribution >= 0.6 is 11.8 Å². The molecule has 5 heteroatoms. The van der Waals surface area contributed by atoms with Crippen LogP contribution < -0.4 is 0 Å². The van der Waals surface area contributed by atoms with Gasteiger partial charge in [0.1, 0.15) is 5.60 Å². The molecule has 2 saturated heterocycles. The number of ether oxygens (including phenoxy) is 1. The van der Waals surface area contributed by atoms with Crippen molar-refractivity contribution in [3.8, 4) is 0 Å². The van der Waals surface area contributed by atoms with Gasteiger partial charge in [0, 0.05) is 16.4 Å². The second-order valence-electron chi connectivity index (χ2n) is 8.83. The van der Waals surface area contributed by atoms with Gasteiger partial charge in [-0.05, 0) is 57.8 Å². The molecule has 2 heterocycles. The van der Waals surface area contributed by atoms with Crippen LogP contribution in [-0.2, 0) is 14.3 Å². The van der Waals surface area contributed by atoms with Crippen LogP contribution in [0.5, 0.6) is 0 Å². The first-order valence-electron chi connectivity index (χ1n) is 9.47. The van der Waals surface area contributed by atoms with Crippen molar-refractivity contribution in [1.29, 1.82) is 0 Å². The van der Waals surface area contributed by atoms with Gasteiger partial charge in [-0.3, -0.25) is 9.59 Å². The number of rotatable bonds is 4. The van der Waals surface area contributed by atoms with Gasteiger partial charge in [-0.1, -0.05) is 19.3 Å². The zero-order valence-corrected chi connectivity index (χ0v) is 15.4. The van der Waals surface area contributed by atoms with E-state index in [1.54, 1.807) is 0 Å². The van der Waals surface area contributed by atoms with Crippen LogP contribution in [0.1, 0.15) is 65.2 Å². The molecule has 134 valence electrons. The van der Waals surface area contributed by atoms with Gasteiger partial charge in [0.15, 0.2) is 5.41 Å². The Morgan fingerprint density at radius 1 is 1.12 bits per heavy atom. The molecule has 0 aromatic rings. The zero-order valence-electron chi connectivity index (χ0n) is 14.6. The highest BCUT2D eigenvalue weighted by molar-refractivity contribution is 8.01. The average Bonchev–Trinajstić information content (AvgIpc) is 3.27. The third kappa shape index (κ3) is 2.33. The van der Waals surface area contributed by atoms with Gasteiger partial charge >= 0.3 is 11.9 Å². The maximum atomic E-state index is 12.8. The van der Waals surface area contributed by atoms with Crippen molar-refractivity contribution >= 4 is 23.7 Å². The molecule has 2 bridgehead atoms. The van der Waals surface area contributed by atoms with Crippen molar-refractivity contribution in [3.63, 3.8) is 0 Å². The first kappa shape index (κ1) is 16.7. The summed E-state index contributed by atoms with van der Waals surface area (Å²) in [5, 5.41) is 10.9. The van der Waals surface area contributed by atoms with Crippen molar-refractivity contribution < 1.29 is 19.4 Å². The number of carboxylic acids is 1. The average molecular weight is 352 g/mol. The Morgan fingerprint density at radius 2 is 1.79 bits per heavy atom. The molecule has 5 atom stereocenters. The molecule has 0 radical (unpaired) electrons. The maximum absolute atomic E-state index is 12.8. The van der Waals surface area contributed by atoms with E-state index in [9.17, 15) is 14.7 Å². The van der Waals surface area contributed by atoms with Crippen molar-refractivity contribution in [2.75, 3.05) is 0 Å².